The molecule has 2 atom stereocenters. The summed E-state index contributed by atoms with van der Waals surface area (Å²) >= 11 is 0. The Balaban J connectivity index is 4.28. The zero-order chi connectivity index (χ0) is 12.7. The quantitative estimate of drug-likeness (QED) is 0.637. The van der Waals surface area contributed by atoms with E-state index in [-0.39, 0.29) is 36.9 Å². The summed E-state index contributed by atoms with van der Waals surface area (Å²) in [5.74, 6) is -1.61. The number of likely N-dealkylation sites (N-methyl/N-ethyl adjacent to an activating group) is 1. The first-order valence-electron chi connectivity index (χ1n) is 5.30. The minimum atomic E-state index is -0.944. The lowest BCUT2D eigenvalue weighted by atomic mass is 9.91. The Labute approximate surface area is 95.2 Å². The number of hydrogen-bond acceptors (Lipinski definition) is 4. The third kappa shape index (κ3) is 5.60. The van der Waals surface area contributed by atoms with E-state index in [0.717, 1.165) is 0 Å². The molecule has 0 aromatic carbocycles. The average molecular weight is 229 g/mol. The maximum Gasteiger partial charge on any atom is 0.303 e. The maximum absolute atomic E-state index is 11.6. The van der Waals surface area contributed by atoms with Crippen LogP contribution in [-0.2, 0) is 14.4 Å². The van der Waals surface area contributed by atoms with Crippen LogP contribution in [0.15, 0.2) is 0 Å². The van der Waals surface area contributed by atoms with E-state index >= 15 is 0 Å². The van der Waals surface area contributed by atoms with Gasteiger partial charge in [-0.25, -0.2) is 0 Å². The van der Waals surface area contributed by atoms with Crippen molar-refractivity contribution < 1.29 is 19.5 Å². The van der Waals surface area contributed by atoms with Gasteiger partial charge in [-0.05, 0) is 27.3 Å². The number of carbonyl (C=O) groups excluding carboxylic acids is 2. The van der Waals surface area contributed by atoms with Crippen LogP contribution in [-0.4, -0.2) is 35.7 Å². The molecule has 92 valence electrons. The van der Waals surface area contributed by atoms with Crippen LogP contribution in [0, 0.1) is 5.92 Å². The van der Waals surface area contributed by atoms with Crippen molar-refractivity contribution in [1.29, 1.82) is 0 Å². The van der Waals surface area contributed by atoms with E-state index in [0.29, 0.717) is 0 Å². The molecule has 2 N–H and O–H groups in total. The van der Waals surface area contributed by atoms with Gasteiger partial charge in [-0.15, -0.1) is 0 Å². The largest absolute Gasteiger partial charge is 0.481 e. The van der Waals surface area contributed by atoms with Gasteiger partial charge >= 0.3 is 5.97 Å². The molecular weight excluding hydrogens is 210 g/mol. The summed E-state index contributed by atoms with van der Waals surface area (Å²) in [6.07, 6.45) is 0.267. The molecule has 0 aromatic heterocycles. The van der Waals surface area contributed by atoms with Crippen molar-refractivity contribution in [3.8, 4) is 0 Å². The fourth-order valence-electron chi connectivity index (χ4n) is 1.33. The molecule has 0 saturated heterocycles. The molecule has 5 nitrogen and oxygen atoms in total. The highest BCUT2D eigenvalue weighted by Crippen LogP contribution is 2.14. The first-order chi connectivity index (χ1) is 7.38. The number of aliphatic carboxylic acids is 1. The first-order valence-corrected chi connectivity index (χ1v) is 5.30. The van der Waals surface area contributed by atoms with Crippen LogP contribution in [0.5, 0.6) is 0 Å². The topological polar surface area (TPSA) is 83.5 Å². The minimum absolute atomic E-state index is 0.0620. The molecule has 0 spiro atoms. The normalized spacial score (nSPS) is 14.2. The predicted molar refractivity (Wildman–Crippen MR) is 59.2 cm³/mol. The van der Waals surface area contributed by atoms with Crippen molar-refractivity contribution in [2.75, 3.05) is 7.05 Å². The molecule has 0 aliphatic carbocycles. The number of ketones is 2. The molecule has 0 amide bonds. The Kier molecular flexibility index (Phi) is 6.56. The van der Waals surface area contributed by atoms with E-state index in [1.807, 2.05) is 0 Å². The lowest BCUT2D eigenvalue weighted by molar-refractivity contribution is -0.138. The van der Waals surface area contributed by atoms with Gasteiger partial charge in [0.1, 0.15) is 11.6 Å². The van der Waals surface area contributed by atoms with Crippen LogP contribution in [0.25, 0.3) is 0 Å². The van der Waals surface area contributed by atoms with Gasteiger partial charge in [0.25, 0.3) is 0 Å². The summed E-state index contributed by atoms with van der Waals surface area (Å²) in [5, 5.41) is 11.3. The molecule has 0 saturated carbocycles. The van der Waals surface area contributed by atoms with Crippen molar-refractivity contribution in [2.45, 2.75) is 39.2 Å². The van der Waals surface area contributed by atoms with Crippen molar-refractivity contribution in [3.63, 3.8) is 0 Å². The standard InChI is InChI=1S/C11H19NO4/c1-7(12-3)10(14)6-9(8(2)13)4-5-11(15)16/h7,9,12H,4-6H2,1-3H3,(H,15,16)/t7-,9+/m0/s1. The average Bonchev–Trinajstić information content (AvgIpc) is 2.21. The van der Waals surface area contributed by atoms with Crippen molar-refractivity contribution in [3.05, 3.63) is 0 Å². The van der Waals surface area contributed by atoms with Crippen LogP contribution in [0.4, 0.5) is 0 Å². The highest BCUT2D eigenvalue weighted by Gasteiger charge is 2.21. The second-order valence-electron chi connectivity index (χ2n) is 3.92. The number of carbonyl (C=O) groups is 3. The van der Waals surface area contributed by atoms with Gasteiger partial charge in [-0.1, -0.05) is 0 Å². The molecule has 0 radical (unpaired) electrons. The fourth-order valence-corrected chi connectivity index (χ4v) is 1.33. The molecule has 0 unspecified atom stereocenters. The highest BCUT2D eigenvalue weighted by atomic mass is 16.4. The van der Waals surface area contributed by atoms with E-state index in [4.69, 9.17) is 5.11 Å². The Morgan fingerprint density at radius 1 is 1.31 bits per heavy atom. The third-order valence-electron chi connectivity index (χ3n) is 2.65. The van der Waals surface area contributed by atoms with E-state index < -0.39 is 11.9 Å². The lowest BCUT2D eigenvalue weighted by Crippen LogP contribution is -2.33. The molecule has 0 heterocycles. The van der Waals surface area contributed by atoms with Crippen molar-refractivity contribution in [1.82, 2.24) is 5.32 Å². The number of rotatable bonds is 8. The Morgan fingerprint density at radius 3 is 2.25 bits per heavy atom. The summed E-state index contributed by atoms with van der Waals surface area (Å²) in [7, 11) is 1.67. The Hall–Kier alpha value is -1.23. The second kappa shape index (κ2) is 7.11. The predicted octanol–water partition coefficient (Wildman–Crippen LogP) is 0.623. The van der Waals surface area contributed by atoms with Crippen molar-refractivity contribution in [2.24, 2.45) is 5.92 Å². The number of Topliss-reactive ketones (excluding diaryl/α,β-unsaturated/α-hetero) is 2. The van der Waals surface area contributed by atoms with Crippen LogP contribution < -0.4 is 5.32 Å². The molecular formula is C11H19NO4. The minimum Gasteiger partial charge on any atom is -0.481 e. The molecule has 16 heavy (non-hydrogen) atoms. The monoisotopic (exact) mass is 229 g/mol. The van der Waals surface area contributed by atoms with Crippen molar-refractivity contribution >= 4 is 17.5 Å². The summed E-state index contributed by atoms with van der Waals surface area (Å²) in [5.41, 5.74) is 0. The van der Waals surface area contributed by atoms with E-state index in [1.54, 1.807) is 14.0 Å². The second-order valence-corrected chi connectivity index (χ2v) is 3.92. The van der Waals surface area contributed by atoms with Gasteiger partial charge in [0.15, 0.2) is 0 Å². The van der Waals surface area contributed by atoms with E-state index in [1.165, 1.54) is 6.92 Å². The molecule has 0 fully saturated rings. The van der Waals surface area contributed by atoms with Gasteiger partial charge in [0.2, 0.25) is 0 Å². The van der Waals surface area contributed by atoms with E-state index in [9.17, 15) is 14.4 Å². The van der Waals surface area contributed by atoms with Gasteiger partial charge < -0.3 is 10.4 Å². The fraction of sp³-hybridized carbons (Fsp3) is 0.727. The highest BCUT2D eigenvalue weighted by molar-refractivity contribution is 5.89. The number of carboxylic acids is 1. The van der Waals surface area contributed by atoms with Crippen LogP contribution in [0.3, 0.4) is 0 Å². The number of nitrogens with one attached hydrogen (secondary N) is 1. The van der Waals surface area contributed by atoms with Gasteiger partial charge in [-0.3, -0.25) is 14.4 Å². The SMILES string of the molecule is CN[C@@H](C)C(=O)C[C@@H](CCC(=O)O)C(C)=O. The van der Waals surface area contributed by atoms with Gasteiger partial charge in [0, 0.05) is 18.8 Å². The number of hydrogen-bond donors (Lipinski definition) is 2. The first kappa shape index (κ1) is 14.8. The molecule has 0 aromatic rings. The van der Waals surface area contributed by atoms with Gasteiger partial charge in [-0.2, -0.15) is 0 Å². The smallest absolute Gasteiger partial charge is 0.303 e. The molecule has 0 aliphatic heterocycles. The summed E-state index contributed by atoms with van der Waals surface area (Å²) in [6.45, 7) is 3.11. The summed E-state index contributed by atoms with van der Waals surface area (Å²) < 4.78 is 0. The number of carboxylic acid groups (broad SMARTS) is 1. The zero-order valence-corrected chi connectivity index (χ0v) is 9.95. The maximum atomic E-state index is 11.6. The summed E-state index contributed by atoms with van der Waals surface area (Å²) in [6, 6.07) is -0.299. The van der Waals surface area contributed by atoms with Crippen LogP contribution in [0.1, 0.15) is 33.1 Å². The molecule has 5 heteroatoms. The Bertz CT molecular complexity index is 275. The third-order valence-corrected chi connectivity index (χ3v) is 2.65. The zero-order valence-electron chi connectivity index (χ0n) is 9.95. The molecule has 0 bridgehead atoms. The Morgan fingerprint density at radius 2 is 1.88 bits per heavy atom. The van der Waals surface area contributed by atoms with Gasteiger partial charge in [0.05, 0.1) is 6.04 Å². The molecule has 0 rings (SSSR count). The van der Waals surface area contributed by atoms with Crippen LogP contribution in [0.2, 0.25) is 0 Å². The summed E-state index contributed by atoms with van der Waals surface area (Å²) in [4.78, 5) is 33.2. The molecule has 0 aliphatic rings. The van der Waals surface area contributed by atoms with Crippen LogP contribution >= 0.6 is 0 Å². The van der Waals surface area contributed by atoms with E-state index in [2.05, 4.69) is 5.32 Å². The lowest BCUT2D eigenvalue weighted by Gasteiger charge is -2.14.